The molecule has 0 saturated heterocycles. The third kappa shape index (κ3) is 3.72. The van der Waals surface area contributed by atoms with E-state index >= 15 is 0 Å². The highest BCUT2D eigenvalue weighted by molar-refractivity contribution is 5.96. The molecular formula is C36H59NO3. The molecule has 1 N–H and O–H groups in total. The monoisotopic (exact) mass is 553 g/mol. The summed E-state index contributed by atoms with van der Waals surface area (Å²) in [4.78, 5) is 31.1. The standard InChI is InChI=1S/C36H59NO3/c1-21(2)37(22(3)4)31(40)36(11)27-13-17-35(10)30(33(27,8)16-14-28(36)39)26(38)20-25-29-24(6)23(5)12-15-32(29,7)18-19-34(25,35)9/h20-24,27-30,39H,12-19H2,1-11H3/t23-,24+,27?,28-,29?,30?,32-,33+,34-,35-,36-/m1/s1. The first-order chi connectivity index (χ1) is 18.4. The van der Waals surface area contributed by atoms with Crippen LogP contribution in [-0.4, -0.2) is 39.9 Å². The molecule has 0 aliphatic heterocycles. The number of hydrogen-bond acceptors (Lipinski definition) is 3. The Labute approximate surface area is 245 Å². The molecule has 11 atom stereocenters. The fourth-order valence-corrected chi connectivity index (χ4v) is 12.0. The summed E-state index contributed by atoms with van der Waals surface area (Å²) in [6, 6.07) is 0.131. The summed E-state index contributed by atoms with van der Waals surface area (Å²) >= 11 is 0. The van der Waals surface area contributed by atoms with Crippen LogP contribution in [0.4, 0.5) is 0 Å². The normalized spacial score (nSPS) is 50.5. The predicted molar refractivity (Wildman–Crippen MR) is 162 cm³/mol. The van der Waals surface area contributed by atoms with Gasteiger partial charge in [-0.05, 0) is 137 Å². The summed E-state index contributed by atoms with van der Waals surface area (Å²) in [6.45, 7) is 25.0. The number of aliphatic hydroxyl groups excluding tert-OH is 1. The molecule has 5 rings (SSSR count). The average molecular weight is 554 g/mol. The van der Waals surface area contributed by atoms with Gasteiger partial charge in [-0.2, -0.15) is 0 Å². The maximum absolute atomic E-state index is 14.6. The molecular weight excluding hydrogens is 494 g/mol. The Hall–Kier alpha value is -1.16. The first-order valence-corrected chi connectivity index (χ1v) is 16.7. The fourth-order valence-electron chi connectivity index (χ4n) is 12.0. The van der Waals surface area contributed by atoms with Gasteiger partial charge in [0, 0.05) is 18.0 Å². The molecule has 0 spiro atoms. The van der Waals surface area contributed by atoms with E-state index < -0.39 is 11.5 Å². The molecule has 4 saturated carbocycles. The molecule has 0 aromatic heterocycles. The molecule has 0 bridgehead atoms. The highest BCUT2D eigenvalue weighted by Gasteiger charge is 2.72. The van der Waals surface area contributed by atoms with Crippen molar-refractivity contribution in [2.24, 2.45) is 56.7 Å². The minimum Gasteiger partial charge on any atom is -0.392 e. The lowest BCUT2D eigenvalue weighted by Crippen LogP contribution is -2.69. The van der Waals surface area contributed by atoms with Crippen molar-refractivity contribution in [2.45, 2.75) is 146 Å². The van der Waals surface area contributed by atoms with Gasteiger partial charge in [0.15, 0.2) is 5.78 Å². The number of carbonyl (C=O) groups excluding carboxylic acids is 2. The Balaban J connectivity index is 1.61. The summed E-state index contributed by atoms with van der Waals surface area (Å²) in [5.41, 5.74) is 0.415. The van der Waals surface area contributed by atoms with Gasteiger partial charge in [0.05, 0.1) is 11.5 Å². The quantitative estimate of drug-likeness (QED) is 0.387. The Morgan fingerprint density at radius 1 is 0.900 bits per heavy atom. The van der Waals surface area contributed by atoms with Crippen LogP contribution in [0.15, 0.2) is 11.6 Å². The average Bonchev–Trinajstić information content (AvgIpc) is 2.85. The number of carbonyl (C=O) groups is 2. The number of fused-ring (bicyclic) bond motifs is 7. The number of rotatable bonds is 3. The lowest BCUT2D eigenvalue weighted by Gasteiger charge is -2.70. The lowest BCUT2D eigenvalue weighted by molar-refractivity contribution is -0.213. The fraction of sp³-hybridized carbons (Fsp3) is 0.889. The molecule has 0 aromatic carbocycles. The molecule has 0 radical (unpaired) electrons. The summed E-state index contributed by atoms with van der Waals surface area (Å²) in [5.74, 6) is 2.02. The highest BCUT2D eigenvalue weighted by atomic mass is 16.3. The van der Waals surface area contributed by atoms with E-state index in [0.29, 0.717) is 35.4 Å². The second-order valence-electron chi connectivity index (χ2n) is 17.0. The van der Waals surface area contributed by atoms with E-state index in [9.17, 15) is 14.7 Å². The van der Waals surface area contributed by atoms with Crippen LogP contribution >= 0.6 is 0 Å². The third-order valence-electron chi connectivity index (χ3n) is 14.6. The topological polar surface area (TPSA) is 57.6 Å². The molecule has 4 fully saturated rings. The van der Waals surface area contributed by atoms with Crippen molar-refractivity contribution in [1.82, 2.24) is 4.90 Å². The maximum Gasteiger partial charge on any atom is 0.231 e. The Bertz CT molecular complexity index is 1090. The van der Waals surface area contributed by atoms with Crippen LogP contribution in [0.1, 0.15) is 128 Å². The molecule has 226 valence electrons. The van der Waals surface area contributed by atoms with Crippen molar-refractivity contribution >= 4 is 11.7 Å². The largest absolute Gasteiger partial charge is 0.392 e. The molecule has 5 aliphatic carbocycles. The minimum atomic E-state index is -0.882. The van der Waals surface area contributed by atoms with Crippen LogP contribution < -0.4 is 0 Å². The van der Waals surface area contributed by atoms with Gasteiger partial charge in [0.2, 0.25) is 5.91 Å². The van der Waals surface area contributed by atoms with Crippen LogP contribution in [0.2, 0.25) is 0 Å². The van der Waals surface area contributed by atoms with E-state index in [2.05, 4.69) is 75.3 Å². The minimum absolute atomic E-state index is 0.00652. The first kappa shape index (κ1) is 30.3. The van der Waals surface area contributed by atoms with E-state index in [-0.39, 0.29) is 46.1 Å². The summed E-state index contributed by atoms with van der Waals surface area (Å²) in [7, 11) is 0. The SMILES string of the molecule is CC(C)N(C(=O)[C@]1(C)C2CC[C@]3(C)C(C(=O)C=C4C5[C@@H](C)[C@H](C)CC[C@]5(C)CC[C@]43C)[C@@]2(C)CC[C@H]1O)C(C)C. The molecule has 0 aromatic rings. The van der Waals surface area contributed by atoms with Crippen molar-refractivity contribution in [3.05, 3.63) is 11.6 Å². The van der Waals surface area contributed by atoms with E-state index in [1.54, 1.807) is 0 Å². The zero-order valence-electron chi connectivity index (χ0n) is 27.6. The van der Waals surface area contributed by atoms with Gasteiger partial charge in [0.25, 0.3) is 0 Å². The van der Waals surface area contributed by atoms with Crippen LogP contribution in [0.3, 0.4) is 0 Å². The maximum atomic E-state index is 14.6. The Morgan fingerprint density at radius 3 is 2.12 bits per heavy atom. The number of aliphatic hydroxyl groups is 1. The molecule has 3 unspecified atom stereocenters. The zero-order chi connectivity index (χ0) is 29.8. The molecule has 0 heterocycles. The van der Waals surface area contributed by atoms with Gasteiger partial charge >= 0.3 is 0 Å². The highest BCUT2D eigenvalue weighted by Crippen LogP contribution is 2.75. The van der Waals surface area contributed by atoms with Crippen LogP contribution in [0.25, 0.3) is 0 Å². The number of hydrogen-bond donors (Lipinski definition) is 1. The molecule has 40 heavy (non-hydrogen) atoms. The van der Waals surface area contributed by atoms with Crippen molar-refractivity contribution in [2.75, 3.05) is 0 Å². The Kier molecular flexibility index (Phi) is 7.14. The van der Waals surface area contributed by atoms with Gasteiger partial charge < -0.3 is 10.0 Å². The van der Waals surface area contributed by atoms with E-state index in [1.165, 1.54) is 24.8 Å². The second kappa shape index (κ2) is 9.42. The van der Waals surface area contributed by atoms with Crippen LogP contribution in [0, 0.1) is 56.7 Å². The van der Waals surface area contributed by atoms with Crippen LogP contribution in [-0.2, 0) is 9.59 Å². The van der Waals surface area contributed by atoms with Gasteiger partial charge in [-0.15, -0.1) is 0 Å². The molecule has 5 aliphatic rings. The van der Waals surface area contributed by atoms with Crippen molar-refractivity contribution < 1.29 is 14.7 Å². The lowest BCUT2D eigenvalue weighted by atomic mass is 9.33. The van der Waals surface area contributed by atoms with Gasteiger partial charge in [-0.25, -0.2) is 0 Å². The van der Waals surface area contributed by atoms with Crippen molar-refractivity contribution in [3.63, 3.8) is 0 Å². The number of allylic oxidation sites excluding steroid dienone is 2. The first-order valence-electron chi connectivity index (χ1n) is 16.7. The van der Waals surface area contributed by atoms with Crippen molar-refractivity contribution in [3.8, 4) is 0 Å². The van der Waals surface area contributed by atoms with E-state index in [1.807, 2.05) is 11.8 Å². The molecule has 4 heteroatoms. The predicted octanol–water partition coefficient (Wildman–Crippen LogP) is 7.83. The number of ketones is 1. The second-order valence-corrected chi connectivity index (χ2v) is 17.0. The van der Waals surface area contributed by atoms with Gasteiger partial charge in [0.1, 0.15) is 0 Å². The summed E-state index contributed by atoms with van der Waals surface area (Å²) in [6.07, 6.45) is 9.67. The smallest absolute Gasteiger partial charge is 0.231 e. The zero-order valence-corrected chi connectivity index (χ0v) is 27.6. The van der Waals surface area contributed by atoms with E-state index in [4.69, 9.17) is 0 Å². The summed E-state index contributed by atoms with van der Waals surface area (Å²) < 4.78 is 0. The Morgan fingerprint density at radius 2 is 1.52 bits per heavy atom. The van der Waals surface area contributed by atoms with Crippen molar-refractivity contribution in [1.29, 1.82) is 0 Å². The van der Waals surface area contributed by atoms with Gasteiger partial charge in [-0.1, -0.05) is 47.1 Å². The molecule has 1 amide bonds. The molecule has 4 nitrogen and oxygen atoms in total. The summed E-state index contributed by atoms with van der Waals surface area (Å²) in [5, 5.41) is 11.6. The number of nitrogens with zero attached hydrogens (tertiary/aromatic N) is 1. The third-order valence-corrected chi connectivity index (χ3v) is 14.6. The van der Waals surface area contributed by atoms with E-state index in [0.717, 1.165) is 25.7 Å². The number of amides is 1. The van der Waals surface area contributed by atoms with Gasteiger partial charge in [-0.3, -0.25) is 9.59 Å². The van der Waals surface area contributed by atoms with Crippen LogP contribution in [0.5, 0.6) is 0 Å².